The molecule has 0 atom stereocenters. The van der Waals surface area contributed by atoms with Crippen LogP contribution < -0.4 is 21.3 Å². The quantitative estimate of drug-likeness (QED) is 0.330. The Morgan fingerprint density at radius 2 is 1.69 bits per heavy atom. The van der Waals surface area contributed by atoms with Crippen LogP contribution in [0.1, 0.15) is 36.7 Å². The zero-order valence-corrected chi connectivity index (χ0v) is 16.4. The predicted molar refractivity (Wildman–Crippen MR) is 105 cm³/mol. The highest BCUT2D eigenvalue weighted by Crippen LogP contribution is 2.11. The predicted octanol–water partition coefficient (Wildman–Crippen LogP) is 0.916. The van der Waals surface area contributed by atoms with Crippen molar-refractivity contribution in [3.63, 3.8) is 0 Å². The summed E-state index contributed by atoms with van der Waals surface area (Å²) >= 11 is 0. The first-order valence-electron chi connectivity index (χ1n) is 8.81. The Morgan fingerprint density at radius 1 is 1.04 bits per heavy atom. The van der Waals surface area contributed by atoms with Crippen LogP contribution in [0.15, 0.2) is 29.3 Å². The number of hydrogen-bond donors (Lipinski definition) is 4. The summed E-state index contributed by atoms with van der Waals surface area (Å²) in [5.41, 5.74) is 1.34. The van der Waals surface area contributed by atoms with Crippen molar-refractivity contribution in [1.82, 2.24) is 21.3 Å². The molecule has 2 amide bonds. The minimum atomic E-state index is -0.386. The van der Waals surface area contributed by atoms with Crippen molar-refractivity contribution in [2.45, 2.75) is 27.2 Å². The van der Waals surface area contributed by atoms with Crippen molar-refractivity contribution in [3.8, 4) is 0 Å². The maximum Gasteiger partial charge on any atom is 0.251 e. The molecule has 0 radical (unpaired) electrons. The molecule has 1 aromatic rings. The number of rotatable bonds is 7. The molecule has 7 heteroatoms. The molecule has 0 bridgehead atoms. The summed E-state index contributed by atoms with van der Waals surface area (Å²) in [7, 11) is 3.32. The van der Waals surface area contributed by atoms with Crippen LogP contribution in [0, 0.1) is 5.41 Å². The molecule has 0 saturated heterocycles. The van der Waals surface area contributed by atoms with Gasteiger partial charge in [-0.1, -0.05) is 32.9 Å². The molecule has 0 aliphatic carbocycles. The van der Waals surface area contributed by atoms with Gasteiger partial charge in [0.15, 0.2) is 5.96 Å². The molecule has 4 N–H and O–H groups in total. The molecule has 1 aromatic carbocycles. The fourth-order valence-corrected chi connectivity index (χ4v) is 2.18. The molecule has 26 heavy (non-hydrogen) atoms. The average Bonchev–Trinajstić information content (AvgIpc) is 2.62. The minimum Gasteiger partial charge on any atom is -0.356 e. The molecule has 0 heterocycles. The van der Waals surface area contributed by atoms with E-state index in [9.17, 15) is 9.59 Å². The van der Waals surface area contributed by atoms with E-state index in [4.69, 9.17) is 0 Å². The smallest absolute Gasteiger partial charge is 0.251 e. The van der Waals surface area contributed by atoms with E-state index < -0.39 is 0 Å². The lowest BCUT2D eigenvalue weighted by Gasteiger charge is -2.18. The van der Waals surface area contributed by atoms with E-state index in [0.29, 0.717) is 31.2 Å². The van der Waals surface area contributed by atoms with Crippen molar-refractivity contribution in [3.05, 3.63) is 35.4 Å². The summed E-state index contributed by atoms with van der Waals surface area (Å²) in [5.74, 6) is 0.616. The fourth-order valence-electron chi connectivity index (χ4n) is 2.18. The third-order valence-corrected chi connectivity index (χ3v) is 3.73. The topological polar surface area (TPSA) is 94.6 Å². The van der Waals surface area contributed by atoms with Crippen molar-refractivity contribution >= 4 is 17.8 Å². The van der Waals surface area contributed by atoms with Gasteiger partial charge < -0.3 is 21.3 Å². The Balaban J connectivity index is 2.35. The third kappa shape index (κ3) is 7.55. The molecule has 1 rings (SSSR count). The second-order valence-corrected chi connectivity index (χ2v) is 6.96. The van der Waals surface area contributed by atoms with Gasteiger partial charge in [0.1, 0.15) is 0 Å². The van der Waals surface area contributed by atoms with Crippen LogP contribution in [0.4, 0.5) is 0 Å². The van der Waals surface area contributed by atoms with Crippen molar-refractivity contribution in [1.29, 1.82) is 0 Å². The monoisotopic (exact) mass is 361 g/mol. The number of amides is 2. The largest absolute Gasteiger partial charge is 0.356 e. The van der Waals surface area contributed by atoms with Crippen LogP contribution in [0.25, 0.3) is 0 Å². The molecule has 144 valence electrons. The van der Waals surface area contributed by atoms with Crippen LogP contribution in [0.3, 0.4) is 0 Å². The summed E-state index contributed by atoms with van der Waals surface area (Å²) in [6.45, 7) is 7.46. The molecule has 0 aromatic heterocycles. The number of hydrogen-bond acceptors (Lipinski definition) is 3. The van der Waals surface area contributed by atoms with Gasteiger partial charge in [0.25, 0.3) is 5.91 Å². The maximum atomic E-state index is 11.8. The van der Waals surface area contributed by atoms with Gasteiger partial charge in [-0.3, -0.25) is 14.6 Å². The van der Waals surface area contributed by atoms with Crippen LogP contribution >= 0.6 is 0 Å². The summed E-state index contributed by atoms with van der Waals surface area (Å²) in [5, 5.41) is 11.9. The van der Waals surface area contributed by atoms with Gasteiger partial charge in [-0.05, 0) is 24.1 Å². The number of carbonyl (C=O) groups excluding carboxylic acids is 2. The Bertz CT molecular complexity index is 635. The van der Waals surface area contributed by atoms with Crippen LogP contribution in [0.5, 0.6) is 0 Å². The van der Waals surface area contributed by atoms with Crippen LogP contribution in [-0.4, -0.2) is 51.5 Å². The highest BCUT2D eigenvalue weighted by atomic mass is 16.2. The van der Waals surface area contributed by atoms with E-state index in [0.717, 1.165) is 12.0 Å². The number of carbonyl (C=O) groups is 2. The van der Waals surface area contributed by atoms with Gasteiger partial charge in [0.2, 0.25) is 5.91 Å². The molecular formula is C19H31N5O2. The molecular weight excluding hydrogens is 330 g/mol. The van der Waals surface area contributed by atoms with E-state index in [1.54, 1.807) is 20.2 Å². The lowest BCUT2D eigenvalue weighted by Crippen LogP contribution is -2.43. The zero-order chi connectivity index (χ0) is 19.6. The van der Waals surface area contributed by atoms with E-state index >= 15 is 0 Å². The number of guanidine groups is 1. The zero-order valence-electron chi connectivity index (χ0n) is 16.4. The van der Waals surface area contributed by atoms with E-state index in [1.165, 1.54) is 0 Å². The summed E-state index contributed by atoms with van der Waals surface area (Å²) in [4.78, 5) is 27.6. The van der Waals surface area contributed by atoms with E-state index in [-0.39, 0.29) is 17.2 Å². The third-order valence-electron chi connectivity index (χ3n) is 3.73. The van der Waals surface area contributed by atoms with Gasteiger partial charge in [0, 0.05) is 44.7 Å². The average molecular weight is 361 g/mol. The van der Waals surface area contributed by atoms with Gasteiger partial charge >= 0.3 is 0 Å². The second kappa shape index (κ2) is 10.4. The van der Waals surface area contributed by atoms with E-state index in [1.807, 2.05) is 39.0 Å². The van der Waals surface area contributed by atoms with Gasteiger partial charge in [-0.15, -0.1) is 0 Å². The van der Waals surface area contributed by atoms with Gasteiger partial charge in [0.05, 0.1) is 0 Å². The molecule has 0 fully saturated rings. The summed E-state index contributed by atoms with van der Waals surface area (Å²) < 4.78 is 0. The van der Waals surface area contributed by atoms with Crippen LogP contribution in [0.2, 0.25) is 0 Å². The van der Waals surface area contributed by atoms with Crippen molar-refractivity contribution in [2.24, 2.45) is 10.4 Å². The highest BCUT2D eigenvalue weighted by molar-refractivity contribution is 5.94. The number of benzene rings is 1. The lowest BCUT2D eigenvalue weighted by molar-refractivity contribution is -0.128. The summed E-state index contributed by atoms with van der Waals surface area (Å²) in [6.07, 6.45) is 0.770. The minimum absolute atomic E-state index is 0.0262. The van der Waals surface area contributed by atoms with Gasteiger partial charge in [-0.2, -0.15) is 0 Å². The maximum absolute atomic E-state index is 11.8. The number of aliphatic imine (C=N–C) groups is 1. The molecule has 0 aliphatic heterocycles. The number of nitrogens with one attached hydrogen (secondary N) is 4. The normalized spacial score (nSPS) is 11.7. The Hall–Kier alpha value is -2.57. The SMILES string of the molecule is CN=C(NCCNC(=O)C(C)(C)C)NCCc1cccc(C(=O)NC)c1. The van der Waals surface area contributed by atoms with Crippen molar-refractivity contribution < 1.29 is 9.59 Å². The molecule has 0 spiro atoms. The standard InChI is InChI=1S/C19H31N5O2/c1-19(2,3)17(26)22-11-12-24-18(21-5)23-10-9-14-7-6-8-15(13-14)16(25)20-4/h6-8,13H,9-12H2,1-5H3,(H,20,25)(H,22,26)(H2,21,23,24). The highest BCUT2D eigenvalue weighted by Gasteiger charge is 2.20. The number of nitrogens with zero attached hydrogens (tertiary/aromatic N) is 1. The van der Waals surface area contributed by atoms with E-state index in [2.05, 4.69) is 26.3 Å². The first-order valence-corrected chi connectivity index (χ1v) is 8.81. The summed E-state index contributed by atoms with van der Waals surface area (Å²) in [6, 6.07) is 7.55. The first kappa shape index (κ1) is 21.5. The van der Waals surface area contributed by atoms with Gasteiger partial charge in [-0.25, -0.2) is 0 Å². The Labute approximate surface area is 156 Å². The van der Waals surface area contributed by atoms with Crippen LogP contribution in [-0.2, 0) is 11.2 Å². The molecule has 0 aliphatic rings. The first-order chi connectivity index (χ1) is 12.3. The Kier molecular flexibility index (Phi) is 8.61. The Morgan fingerprint density at radius 3 is 2.31 bits per heavy atom. The second-order valence-electron chi connectivity index (χ2n) is 6.96. The molecule has 7 nitrogen and oxygen atoms in total. The molecule has 0 saturated carbocycles. The lowest BCUT2D eigenvalue weighted by atomic mass is 9.96. The van der Waals surface area contributed by atoms with Crippen molar-refractivity contribution in [2.75, 3.05) is 33.7 Å². The molecule has 0 unspecified atom stereocenters. The fraction of sp³-hybridized carbons (Fsp3) is 0.526.